The molecule has 0 bridgehead atoms. The summed E-state index contributed by atoms with van der Waals surface area (Å²) < 4.78 is 1.27. The van der Waals surface area contributed by atoms with Crippen LogP contribution in [0.1, 0.15) is 36.2 Å². The molecule has 1 saturated carbocycles. The lowest BCUT2D eigenvalue weighted by Gasteiger charge is -2.05. The van der Waals surface area contributed by atoms with Gasteiger partial charge < -0.3 is 10.4 Å². The molecule has 2 N–H and O–H groups in total. The number of hydrogen-bond acceptors (Lipinski definition) is 3. The van der Waals surface area contributed by atoms with Gasteiger partial charge in [0.1, 0.15) is 6.04 Å². The zero-order valence-corrected chi connectivity index (χ0v) is 8.88. The van der Waals surface area contributed by atoms with Gasteiger partial charge in [0.2, 0.25) is 0 Å². The predicted molar refractivity (Wildman–Crippen MR) is 55.1 cm³/mol. The van der Waals surface area contributed by atoms with Crippen LogP contribution in [0.4, 0.5) is 0 Å². The van der Waals surface area contributed by atoms with Gasteiger partial charge in [-0.15, -0.1) is 0 Å². The summed E-state index contributed by atoms with van der Waals surface area (Å²) in [5.41, 5.74) is 0.403. The molecule has 0 spiro atoms. The highest BCUT2D eigenvalue weighted by atomic mass is 16.4. The Morgan fingerprint density at radius 3 is 2.88 bits per heavy atom. The Hall–Kier alpha value is -1.85. The van der Waals surface area contributed by atoms with Gasteiger partial charge in [0.05, 0.1) is 11.8 Å². The van der Waals surface area contributed by atoms with Crippen LogP contribution in [-0.4, -0.2) is 32.8 Å². The third-order valence-electron chi connectivity index (χ3n) is 2.53. The zero-order valence-electron chi connectivity index (χ0n) is 8.88. The van der Waals surface area contributed by atoms with Crippen LogP contribution in [0.5, 0.6) is 0 Å². The van der Waals surface area contributed by atoms with Crippen LogP contribution in [0.3, 0.4) is 0 Å². The van der Waals surface area contributed by atoms with Crippen LogP contribution in [0.2, 0.25) is 0 Å². The number of carbonyl (C=O) groups is 2. The largest absolute Gasteiger partial charge is 0.480 e. The van der Waals surface area contributed by atoms with E-state index in [-0.39, 0.29) is 11.9 Å². The quantitative estimate of drug-likeness (QED) is 0.774. The first-order valence-corrected chi connectivity index (χ1v) is 5.15. The number of nitrogens with one attached hydrogen (secondary N) is 1. The molecular weight excluding hydrogens is 210 g/mol. The molecule has 16 heavy (non-hydrogen) atoms. The highest BCUT2D eigenvalue weighted by Crippen LogP contribution is 2.19. The molecule has 1 aromatic heterocycles. The van der Waals surface area contributed by atoms with E-state index < -0.39 is 12.0 Å². The van der Waals surface area contributed by atoms with Gasteiger partial charge in [-0.25, -0.2) is 4.79 Å². The minimum Gasteiger partial charge on any atom is -0.480 e. The van der Waals surface area contributed by atoms with Gasteiger partial charge in [-0.1, -0.05) is 0 Å². The fourth-order valence-electron chi connectivity index (χ4n) is 1.28. The normalized spacial score (nSPS) is 16.8. The Morgan fingerprint density at radius 2 is 2.31 bits per heavy atom. The molecule has 6 nitrogen and oxygen atoms in total. The van der Waals surface area contributed by atoms with E-state index in [1.807, 2.05) is 0 Å². The first kappa shape index (κ1) is 10.7. The molecule has 1 aliphatic carbocycles. The number of carbonyl (C=O) groups excluding carboxylic acids is 1. The van der Waals surface area contributed by atoms with Crippen molar-refractivity contribution in [2.75, 3.05) is 0 Å². The van der Waals surface area contributed by atoms with Crippen molar-refractivity contribution in [2.24, 2.45) is 0 Å². The van der Waals surface area contributed by atoms with E-state index in [9.17, 15) is 9.59 Å². The lowest BCUT2D eigenvalue weighted by atomic mass is 10.3. The molecule has 2 rings (SSSR count). The van der Waals surface area contributed by atoms with Gasteiger partial charge >= 0.3 is 5.97 Å². The summed E-state index contributed by atoms with van der Waals surface area (Å²) in [7, 11) is 0. The van der Waals surface area contributed by atoms with Gasteiger partial charge in [-0.2, -0.15) is 5.10 Å². The average Bonchev–Trinajstić information content (AvgIpc) is 2.92. The Labute approximate surface area is 92.3 Å². The van der Waals surface area contributed by atoms with Crippen LogP contribution < -0.4 is 5.32 Å². The maximum atomic E-state index is 11.6. The van der Waals surface area contributed by atoms with E-state index in [2.05, 4.69) is 10.4 Å². The Kier molecular flexibility index (Phi) is 2.64. The SMILES string of the molecule is CC(C(=O)O)n1cc(C(=O)NC2CC2)cn1. The van der Waals surface area contributed by atoms with Gasteiger partial charge in [-0.05, 0) is 19.8 Å². The summed E-state index contributed by atoms with van der Waals surface area (Å²) in [5.74, 6) is -1.16. The lowest BCUT2D eigenvalue weighted by Crippen LogP contribution is -2.25. The third-order valence-corrected chi connectivity index (χ3v) is 2.53. The molecule has 1 atom stereocenters. The van der Waals surface area contributed by atoms with Gasteiger partial charge in [0, 0.05) is 12.2 Å². The summed E-state index contributed by atoms with van der Waals surface area (Å²) in [5, 5.41) is 15.5. The highest BCUT2D eigenvalue weighted by molar-refractivity contribution is 5.94. The fraction of sp³-hybridized carbons (Fsp3) is 0.500. The molecule has 6 heteroatoms. The Balaban J connectivity index is 2.05. The molecule has 1 amide bonds. The molecular formula is C10H13N3O3. The maximum absolute atomic E-state index is 11.6. The monoisotopic (exact) mass is 223 g/mol. The number of carboxylic acid groups (broad SMARTS) is 1. The molecule has 0 aromatic carbocycles. The van der Waals surface area contributed by atoms with Crippen LogP contribution >= 0.6 is 0 Å². The Bertz CT molecular complexity index is 423. The first-order chi connectivity index (χ1) is 7.58. The van der Waals surface area contributed by atoms with E-state index >= 15 is 0 Å². The van der Waals surface area contributed by atoms with Crippen molar-refractivity contribution in [3.63, 3.8) is 0 Å². The van der Waals surface area contributed by atoms with Crippen LogP contribution in [0, 0.1) is 0 Å². The molecule has 0 aliphatic heterocycles. The summed E-state index contributed by atoms with van der Waals surface area (Å²) in [6, 6.07) is -0.477. The van der Waals surface area contributed by atoms with Gasteiger partial charge in [0.25, 0.3) is 5.91 Å². The zero-order chi connectivity index (χ0) is 11.7. The summed E-state index contributed by atoms with van der Waals surface area (Å²) >= 11 is 0. The molecule has 0 saturated heterocycles. The van der Waals surface area contributed by atoms with Crippen molar-refractivity contribution in [2.45, 2.75) is 31.8 Å². The van der Waals surface area contributed by atoms with Crippen molar-refractivity contribution in [1.82, 2.24) is 15.1 Å². The lowest BCUT2D eigenvalue weighted by molar-refractivity contribution is -0.140. The number of nitrogens with zero attached hydrogens (tertiary/aromatic N) is 2. The second-order valence-electron chi connectivity index (χ2n) is 3.97. The van der Waals surface area contributed by atoms with E-state index in [0.717, 1.165) is 12.8 Å². The smallest absolute Gasteiger partial charge is 0.328 e. The maximum Gasteiger partial charge on any atom is 0.328 e. The van der Waals surface area contributed by atoms with E-state index in [4.69, 9.17) is 5.11 Å². The molecule has 1 aromatic rings. The molecule has 0 radical (unpaired) electrons. The average molecular weight is 223 g/mol. The van der Waals surface area contributed by atoms with Crippen LogP contribution in [0.15, 0.2) is 12.4 Å². The number of hydrogen-bond donors (Lipinski definition) is 2. The summed E-state index contributed by atoms with van der Waals surface area (Å²) in [6.07, 6.45) is 4.88. The van der Waals surface area contributed by atoms with E-state index in [1.165, 1.54) is 24.0 Å². The van der Waals surface area contributed by atoms with Crippen LogP contribution in [-0.2, 0) is 4.79 Å². The first-order valence-electron chi connectivity index (χ1n) is 5.15. The van der Waals surface area contributed by atoms with Crippen molar-refractivity contribution in [1.29, 1.82) is 0 Å². The van der Waals surface area contributed by atoms with Crippen molar-refractivity contribution >= 4 is 11.9 Å². The summed E-state index contributed by atoms with van der Waals surface area (Å²) in [4.78, 5) is 22.3. The molecule has 86 valence electrons. The van der Waals surface area contributed by atoms with Crippen LogP contribution in [0.25, 0.3) is 0 Å². The molecule has 1 heterocycles. The number of aromatic nitrogens is 2. The highest BCUT2D eigenvalue weighted by Gasteiger charge is 2.24. The minimum atomic E-state index is -0.975. The third kappa shape index (κ3) is 2.21. The van der Waals surface area contributed by atoms with Gasteiger partial charge in [-0.3, -0.25) is 9.48 Å². The number of amides is 1. The van der Waals surface area contributed by atoms with E-state index in [0.29, 0.717) is 5.56 Å². The topological polar surface area (TPSA) is 84.2 Å². The molecule has 1 aliphatic rings. The predicted octanol–water partition coefficient (Wildman–Crippen LogP) is 0.421. The number of rotatable bonds is 4. The Morgan fingerprint density at radius 1 is 1.62 bits per heavy atom. The van der Waals surface area contributed by atoms with Crippen molar-refractivity contribution in [3.05, 3.63) is 18.0 Å². The second kappa shape index (κ2) is 3.96. The fourth-order valence-corrected chi connectivity index (χ4v) is 1.28. The standard InChI is InChI=1S/C10H13N3O3/c1-6(10(15)16)13-5-7(4-11-13)9(14)12-8-2-3-8/h4-6,8H,2-3H2,1H3,(H,12,14)(H,15,16). The molecule has 1 fully saturated rings. The van der Waals surface area contributed by atoms with Crippen molar-refractivity contribution in [3.8, 4) is 0 Å². The van der Waals surface area contributed by atoms with E-state index in [1.54, 1.807) is 0 Å². The second-order valence-corrected chi connectivity index (χ2v) is 3.97. The van der Waals surface area contributed by atoms with Crippen molar-refractivity contribution < 1.29 is 14.7 Å². The summed E-state index contributed by atoms with van der Waals surface area (Å²) in [6.45, 7) is 1.51. The number of carboxylic acids is 1. The number of aliphatic carboxylic acids is 1. The minimum absolute atomic E-state index is 0.189. The van der Waals surface area contributed by atoms with Gasteiger partial charge in [0.15, 0.2) is 0 Å². The molecule has 1 unspecified atom stereocenters.